The molecule has 1 aromatic carbocycles. The van der Waals surface area contributed by atoms with E-state index in [1.807, 2.05) is 17.0 Å². The summed E-state index contributed by atoms with van der Waals surface area (Å²) in [7, 11) is 0. The lowest BCUT2D eigenvalue weighted by Gasteiger charge is -2.31. The summed E-state index contributed by atoms with van der Waals surface area (Å²) in [6, 6.07) is 10.6. The second-order valence-electron chi connectivity index (χ2n) is 9.87. The summed E-state index contributed by atoms with van der Waals surface area (Å²) in [5, 5.41) is 6.89. The molecule has 0 saturated carbocycles. The van der Waals surface area contributed by atoms with Crippen LogP contribution < -0.4 is 15.0 Å². The Hall–Kier alpha value is -4.84. The summed E-state index contributed by atoms with van der Waals surface area (Å²) in [6.45, 7) is 5.00. The molecule has 13 heteroatoms. The summed E-state index contributed by atoms with van der Waals surface area (Å²) in [4.78, 5) is 34.1. The largest absolute Gasteiger partial charge is 0.455 e. The van der Waals surface area contributed by atoms with Crippen LogP contribution in [0.3, 0.4) is 0 Å². The molecule has 2 aliphatic heterocycles. The standard InChI is InChI=1S/C28H23ClFN9O2/c1-2-24(40)37-9-7-16-11-17(37)13-38(16)22-6-4-20-27(36-22)28(33-14-31-20)35-19-3-5-21(25(29)26(19)30)41-18-8-10-39-23(12-18)32-15-34-39/h2-6,8,10,12,14-17H,1,7,9,11,13H2,(H,31,33,35)/t16-,17+/m0/s1. The van der Waals surface area contributed by atoms with E-state index in [2.05, 4.69) is 36.8 Å². The summed E-state index contributed by atoms with van der Waals surface area (Å²) in [5.41, 5.74) is 1.79. The van der Waals surface area contributed by atoms with Gasteiger partial charge >= 0.3 is 0 Å². The van der Waals surface area contributed by atoms with Gasteiger partial charge < -0.3 is 19.9 Å². The summed E-state index contributed by atoms with van der Waals surface area (Å²) in [5.74, 6) is 0.933. The quantitative estimate of drug-likeness (QED) is 0.288. The molecule has 4 aromatic heterocycles. The number of ether oxygens (including phenoxy) is 1. The zero-order valence-corrected chi connectivity index (χ0v) is 22.4. The van der Waals surface area contributed by atoms with Crippen molar-refractivity contribution in [2.24, 2.45) is 0 Å². The predicted octanol–water partition coefficient (Wildman–Crippen LogP) is 4.76. The Morgan fingerprint density at radius 2 is 2.05 bits per heavy atom. The number of hydrogen-bond donors (Lipinski definition) is 1. The Kier molecular flexibility index (Phi) is 6.11. The molecule has 6 heterocycles. The number of aromatic nitrogens is 6. The molecule has 41 heavy (non-hydrogen) atoms. The number of halogens is 2. The molecule has 0 aliphatic carbocycles. The SMILES string of the molecule is C=CC(=O)N1CC[C@H]2C[C@@H]1CN2c1ccc2ncnc(Nc3ccc(Oc4ccn5ncnc5c4)c(Cl)c3F)c2n1. The number of rotatable bonds is 6. The topological polar surface area (TPSA) is 114 Å². The molecule has 2 saturated heterocycles. The van der Waals surface area contributed by atoms with Gasteiger partial charge in [0.15, 0.2) is 17.3 Å². The van der Waals surface area contributed by atoms with Crippen LogP contribution in [0, 0.1) is 5.82 Å². The molecule has 5 aromatic rings. The highest BCUT2D eigenvalue weighted by Crippen LogP contribution is 2.38. The van der Waals surface area contributed by atoms with E-state index in [0.29, 0.717) is 41.3 Å². The van der Waals surface area contributed by atoms with Crippen LogP contribution in [0.1, 0.15) is 12.8 Å². The van der Waals surface area contributed by atoms with E-state index in [1.165, 1.54) is 24.8 Å². The fourth-order valence-electron chi connectivity index (χ4n) is 5.55. The van der Waals surface area contributed by atoms with Crippen LogP contribution in [0.2, 0.25) is 5.02 Å². The highest BCUT2D eigenvalue weighted by molar-refractivity contribution is 6.32. The van der Waals surface area contributed by atoms with Gasteiger partial charge in [-0.3, -0.25) is 4.79 Å². The van der Waals surface area contributed by atoms with E-state index in [1.54, 1.807) is 28.9 Å². The first-order chi connectivity index (χ1) is 20.0. The minimum absolute atomic E-state index is 0.0462. The Morgan fingerprint density at radius 3 is 2.93 bits per heavy atom. The molecular weight excluding hydrogens is 549 g/mol. The number of pyridine rings is 2. The Balaban J connectivity index is 1.15. The van der Waals surface area contributed by atoms with Crippen LogP contribution in [0.4, 0.5) is 21.7 Å². The number of fused-ring (bicyclic) bond motifs is 4. The maximum atomic E-state index is 15.4. The molecule has 206 valence electrons. The van der Waals surface area contributed by atoms with Crippen molar-refractivity contribution in [2.45, 2.75) is 24.9 Å². The smallest absolute Gasteiger partial charge is 0.246 e. The van der Waals surface area contributed by atoms with Gasteiger partial charge in [0.25, 0.3) is 0 Å². The van der Waals surface area contributed by atoms with Gasteiger partial charge in [-0.2, -0.15) is 5.10 Å². The normalized spacial score (nSPS) is 18.2. The number of nitrogens with one attached hydrogen (secondary N) is 1. The highest BCUT2D eigenvalue weighted by Gasteiger charge is 2.41. The minimum atomic E-state index is -0.698. The average Bonchev–Trinajstić information content (AvgIpc) is 3.60. The predicted molar refractivity (Wildman–Crippen MR) is 151 cm³/mol. The molecular formula is C28H23ClFN9O2. The lowest BCUT2D eigenvalue weighted by molar-refractivity contribution is -0.128. The van der Waals surface area contributed by atoms with Crippen molar-refractivity contribution in [2.75, 3.05) is 23.3 Å². The van der Waals surface area contributed by atoms with Gasteiger partial charge in [-0.1, -0.05) is 18.2 Å². The average molecular weight is 572 g/mol. The van der Waals surface area contributed by atoms with Crippen LogP contribution >= 0.6 is 11.6 Å². The third-order valence-electron chi connectivity index (χ3n) is 7.54. The van der Waals surface area contributed by atoms with Crippen molar-refractivity contribution in [1.29, 1.82) is 0 Å². The van der Waals surface area contributed by atoms with E-state index in [9.17, 15) is 4.79 Å². The van der Waals surface area contributed by atoms with Crippen molar-refractivity contribution >= 4 is 51.5 Å². The zero-order valence-electron chi connectivity index (χ0n) is 21.6. The maximum absolute atomic E-state index is 15.4. The maximum Gasteiger partial charge on any atom is 0.246 e. The molecule has 2 aliphatic rings. The van der Waals surface area contributed by atoms with Crippen molar-refractivity contribution < 1.29 is 13.9 Å². The molecule has 2 bridgehead atoms. The van der Waals surface area contributed by atoms with Crippen LogP contribution in [0.25, 0.3) is 16.7 Å². The Morgan fingerprint density at radius 1 is 1.15 bits per heavy atom. The summed E-state index contributed by atoms with van der Waals surface area (Å²) >= 11 is 6.37. The summed E-state index contributed by atoms with van der Waals surface area (Å²) < 4.78 is 22.9. The second kappa shape index (κ2) is 9.97. The van der Waals surface area contributed by atoms with Crippen molar-refractivity contribution in [3.05, 3.63) is 78.7 Å². The third-order valence-corrected chi connectivity index (χ3v) is 7.89. The number of nitrogens with zero attached hydrogens (tertiary/aromatic N) is 8. The van der Waals surface area contributed by atoms with Crippen LogP contribution in [-0.4, -0.2) is 65.5 Å². The van der Waals surface area contributed by atoms with E-state index >= 15 is 4.39 Å². The van der Waals surface area contributed by atoms with E-state index in [-0.39, 0.29) is 34.5 Å². The highest BCUT2D eigenvalue weighted by atomic mass is 35.5. The fraction of sp³-hybridized carbons (Fsp3) is 0.214. The van der Waals surface area contributed by atoms with Crippen LogP contribution in [0.5, 0.6) is 11.5 Å². The van der Waals surface area contributed by atoms with E-state index in [4.69, 9.17) is 21.3 Å². The van der Waals surface area contributed by atoms with Crippen LogP contribution in [-0.2, 0) is 4.79 Å². The van der Waals surface area contributed by atoms with Gasteiger partial charge in [-0.25, -0.2) is 28.8 Å². The van der Waals surface area contributed by atoms with Crippen molar-refractivity contribution in [1.82, 2.24) is 34.4 Å². The van der Waals surface area contributed by atoms with Crippen molar-refractivity contribution in [3.8, 4) is 11.5 Å². The van der Waals surface area contributed by atoms with Gasteiger partial charge in [-0.15, -0.1) is 0 Å². The number of piperidine rings is 1. The number of benzene rings is 1. The van der Waals surface area contributed by atoms with Gasteiger partial charge in [0.1, 0.15) is 40.5 Å². The molecule has 2 atom stereocenters. The zero-order chi connectivity index (χ0) is 28.1. The van der Waals surface area contributed by atoms with Crippen LogP contribution in [0.15, 0.2) is 67.9 Å². The first-order valence-electron chi connectivity index (χ1n) is 13.0. The van der Waals surface area contributed by atoms with Gasteiger partial charge in [-0.05, 0) is 49.2 Å². The second-order valence-corrected chi connectivity index (χ2v) is 10.2. The monoisotopic (exact) mass is 571 g/mol. The Bertz CT molecular complexity index is 1830. The van der Waals surface area contributed by atoms with E-state index < -0.39 is 5.82 Å². The number of carbonyl (C=O) groups excluding carboxylic acids is 1. The van der Waals surface area contributed by atoms with Gasteiger partial charge in [0.05, 0.1) is 17.2 Å². The number of likely N-dealkylation sites (tertiary alicyclic amines) is 1. The lowest BCUT2D eigenvalue weighted by atomic mass is 10.0. The molecule has 11 nitrogen and oxygen atoms in total. The number of amides is 1. The van der Waals surface area contributed by atoms with Gasteiger partial charge in [0.2, 0.25) is 5.91 Å². The number of carbonyl (C=O) groups is 1. The third kappa shape index (κ3) is 4.45. The molecule has 1 amide bonds. The van der Waals surface area contributed by atoms with Gasteiger partial charge in [0, 0.05) is 31.4 Å². The number of anilines is 3. The first-order valence-corrected chi connectivity index (χ1v) is 13.4. The molecule has 0 unspecified atom stereocenters. The minimum Gasteiger partial charge on any atom is -0.455 e. The van der Waals surface area contributed by atoms with Crippen molar-refractivity contribution in [3.63, 3.8) is 0 Å². The molecule has 1 N–H and O–H groups in total. The fourth-order valence-corrected chi connectivity index (χ4v) is 5.76. The molecule has 2 fully saturated rings. The lowest BCUT2D eigenvalue weighted by Crippen LogP contribution is -2.43. The number of hydrogen-bond acceptors (Lipinski definition) is 9. The summed E-state index contributed by atoms with van der Waals surface area (Å²) in [6.07, 6.45) is 7.60. The molecule has 7 rings (SSSR count). The molecule has 0 spiro atoms. The first kappa shape index (κ1) is 25.1. The molecule has 0 radical (unpaired) electrons. The Labute approximate surface area is 238 Å². The van der Waals surface area contributed by atoms with E-state index in [0.717, 1.165) is 18.7 Å².